The summed E-state index contributed by atoms with van der Waals surface area (Å²) >= 11 is 0. The highest BCUT2D eigenvalue weighted by Gasteiger charge is 2.11. The molecule has 0 atom stereocenters. The molecule has 0 radical (unpaired) electrons. The Bertz CT molecular complexity index is 575. The molecule has 0 amide bonds. The van der Waals surface area contributed by atoms with E-state index in [1.807, 2.05) is 26.0 Å². The van der Waals surface area contributed by atoms with E-state index >= 15 is 0 Å². The first-order valence-corrected chi connectivity index (χ1v) is 5.86. The van der Waals surface area contributed by atoms with Crippen molar-refractivity contribution < 1.29 is 9.53 Å². The number of rotatable bonds is 4. The Morgan fingerprint density at radius 1 is 1.42 bits per heavy atom. The molecule has 0 bridgehead atoms. The van der Waals surface area contributed by atoms with E-state index in [9.17, 15) is 4.79 Å². The van der Waals surface area contributed by atoms with Gasteiger partial charge < -0.3 is 4.74 Å². The summed E-state index contributed by atoms with van der Waals surface area (Å²) < 4.78 is 4.99. The van der Waals surface area contributed by atoms with E-state index in [0.29, 0.717) is 11.1 Å². The second-order valence-corrected chi connectivity index (χ2v) is 4.40. The molecule has 4 heteroatoms. The first kappa shape index (κ1) is 14.5. The number of carbonyl (C=O) groups is 1. The number of hydrogen-bond acceptors (Lipinski definition) is 4. The van der Waals surface area contributed by atoms with Crippen LogP contribution in [0.2, 0.25) is 0 Å². The van der Waals surface area contributed by atoms with Crippen molar-refractivity contribution in [2.24, 2.45) is 5.92 Å². The molecule has 1 aromatic carbocycles. The zero-order chi connectivity index (χ0) is 14.3. The molecular formula is C15H14N2O2. The second-order valence-electron chi connectivity index (χ2n) is 4.40. The molecule has 0 aliphatic rings. The number of ether oxygens (including phenoxy) is 1. The van der Waals surface area contributed by atoms with Gasteiger partial charge in [0.2, 0.25) is 0 Å². The van der Waals surface area contributed by atoms with E-state index in [1.165, 1.54) is 6.08 Å². The van der Waals surface area contributed by atoms with Gasteiger partial charge in [-0.15, -0.1) is 0 Å². The number of carbonyl (C=O) groups excluding carboxylic acids is 1. The van der Waals surface area contributed by atoms with Crippen molar-refractivity contribution in [3.8, 4) is 12.1 Å². The number of esters is 1. The summed E-state index contributed by atoms with van der Waals surface area (Å²) in [5.74, 6) is -0.427. The van der Waals surface area contributed by atoms with E-state index in [0.717, 1.165) is 0 Å². The van der Waals surface area contributed by atoms with E-state index < -0.39 is 5.97 Å². The highest BCUT2D eigenvalue weighted by molar-refractivity contribution is 5.97. The molecule has 0 saturated carbocycles. The third-order valence-electron chi connectivity index (χ3n) is 2.21. The van der Waals surface area contributed by atoms with Crippen molar-refractivity contribution >= 4 is 12.0 Å². The van der Waals surface area contributed by atoms with Crippen molar-refractivity contribution in [2.75, 3.05) is 6.61 Å². The van der Waals surface area contributed by atoms with E-state index in [-0.39, 0.29) is 18.1 Å². The van der Waals surface area contributed by atoms with Gasteiger partial charge in [0.1, 0.15) is 11.6 Å². The fourth-order valence-corrected chi connectivity index (χ4v) is 1.32. The lowest BCUT2D eigenvalue weighted by molar-refractivity contribution is -0.139. The van der Waals surface area contributed by atoms with Crippen LogP contribution in [0.1, 0.15) is 25.0 Å². The Labute approximate surface area is 112 Å². The first-order valence-electron chi connectivity index (χ1n) is 5.86. The molecule has 0 aliphatic carbocycles. The third kappa shape index (κ3) is 4.65. The average molecular weight is 254 g/mol. The van der Waals surface area contributed by atoms with Crippen molar-refractivity contribution in [3.63, 3.8) is 0 Å². The van der Waals surface area contributed by atoms with Crippen LogP contribution in [0.4, 0.5) is 0 Å². The molecule has 0 unspecified atom stereocenters. The van der Waals surface area contributed by atoms with Crippen LogP contribution in [0.15, 0.2) is 29.8 Å². The van der Waals surface area contributed by atoms with Crippen LogP contribution in [-0.2, 0) is 9.53 Å². The number of nitrogens with zero attached hydrogens (tertiary/aromatic N) is 2. The fourth-order valence-electron chi connectivity index (χ4n) is 1.32. The molecule has 0 spiro atoms. The lowest BCUT2D eigenvalue weighted by atomic mass is 10.1. The highest BCUT2D eigenvalue weighted by Crippen LogP contribution is 2.10. The summed E-state index contributed by atoms with van der Waals surface area (Å²) in [6, 6.07) is 10.5. The van der Waals surface area contributed by atoms with Gasteiger partial charge in [0, 0.05) is 0 Å². The summed E-state index contributed by atoms with van der Waals surface area (Å²) in [5.41, 5.74) is 1.02. The second kappa shape index (κ2) is 6.98. The first-order chi connectivity index (χ1) is 9.06. The van der Waals surface area contributed by atoms with Crippen LogP contribution < -0.4 is 0 Å². The van der Waals surface area contributed by atoms with Crippen molar-refractivity contribution in [1.82, 2.24) is 0 Å². The van der Waals surface area contributed by atoms with Gasteiger partial charge in [-0.05, 0) is 29.7 Å². The van der Waals surface area contributed by atoms with Gasteiger partial charge in [-0.25, -0.2) is 4.79 Å². The van der Waals surface area contributed by atoms with Crippen molar-refractivity contribution in [2.45, 2.75) is 13.8 Å². The van der Waals surface area contributed by atoms with Crippen molar-refractivity contribution in [1.29, 1.82) is 10.5 Å². The van der Waals surface area contributed by atoms with Crippen LogP contribution in [0.25, 0.3) is 6.08 Å². The van der Waals surface area contributed by atoms with Crippen LogP contribution in [-0.4, -0.2) is 12.6 Å². The quantitative estimate of drug-likeness (QED) is 0.470. The Morgan fingerprint density at radius 2 is 2.16 bits per heavy atom. The zero-order valence-corrected chi connectivity index (χ0v) is 10.9. The Morgan fingerprint density at radius 3 is 2.74 bits per heavy atom. The normalized spacial score (nSPS) is 10.7. The predicted octanol–water partition coefficient (Wildman–Crippen LogP) is 2.66. The molecule has 0 heterocycles. The van der Waals surface area contributed by atoms with Gasteiger partial charge in [0.15, 0.2) is 0 Å². The average Bonchev–Trinajstić information content (AvgIpc) is 2.42. The minimum absolute atomic E-state index is 0.0734. The van der Waals surface area contributed by atoms with Crippen LogP contribution >= 0.6 is 0 Å². The van der Waals surface area contributed by atoms with Crippen molar-refractivity contribution in [3.05, 3.63) is 41.0 Å². The maximum Gasteiger partial charge on any atom is 0.348 e. The fraction of sp³-hybridized carbons (Fsp3) is 0.267. The summed E-state index contributed by atoms with van der Waals surface area (Å²) in [6.07, 6.45) is 1.42. The predicted molar refractivity (Wildman–Crippen MR) is 70.5 cm³/mol. The largest absolute Gasteiger partial charge is 0.461 e. The SMILES string of the molecule is CC(C)COC(=O)C(C#N)=Cc1cccc(C#N)c1. The van der Waals surface area contributed by atoms with Crippen LogP contribution in [0, 0.1) is 28.6 Å². The minimum atomic E-state index is -0.640. The minimum Gasteiger partial charge on any atom is -0.461 e. The lowest BCUT2D eigenvalue weighted by Gasteiger charge is -2.06. The lowest BCUT2D eigenvalue weighted by Crippen LogP contribution is -2.11. The molecule has 0 fully saturated rings. The molecule has 0 aliphatic heterocycles. The van der Waals surface area contributed by atoms with Gasteiger partial charge in [-0.3, -0.25) is 0 Å². The number of benzene rings is 1. The smallest absolute Gasteiger partial charge is 0.348 e. The zero-order valence-electron chi connectivity index (χ0n) is 10.9. The van der Waals surface area contributed by atoms with E-state index in [2.05, 4.69) is 0 Å². The van der Waals surface area contributed by atoms with E-state index in [4.69, 9.17) is 15.3 Å². The standard InChI is InChI=1S/C15H14N2O2/c1-11(2)10-19-15(18)14(9-17)7-12-4-3-5-13(6-12)8-16/h3-7,11H,10H2,1-2H3. The number of nitriles is 2. The summed E-state index contributed by atoms with van der Waals surface area (Å²) in [7, 11) is 0. The molecule has 19 heavy (non-hydrogen) atoms. The Balaban J connectivity index is 2.90. The third-order valence-corrected chi connectivity index (χ3v) is 2.21. The topological polar surface area (TPSA) is 73.9 Å². The molecule has 1 aromatic rings. The summed E-state index contributed by atoms with van der Waals surface area (Å²) in [6.45, 7) is 4.11. The van der Waals surface area contributed by atoms with Gasteiger partial charge >= 0.3 is 5.97 Å². The molecule has 0 aromatic heterocycles. The van der Waals surface area contributed by atoms with Crippen LogP contribution in [0.3, 0.4) is 0 Å². The molecular weight excluding hydrogens is 240 g/mol. The highest BCUT2D eigenvalue weighted by atomic mass is 16.5. The molecule has 1 rings (SSSR count). The molecule has 0 saturated heterocycles. The van der Waals surface area contributed by atoms with Crippen LogP contribution in [0.5, 0.6) is 0 Å². The van der Waals surface area contributed by atoms with Gasteiger partial charge in [-0.2, -0.15) is 10.5 Å². The van der Waals surface area contributed by atoms with Gasteiger partial charge in [0.25, 0.3) is 0 Å². The molecule has 4 nitrogen and oxygen atoms in total. The summed E-state index contributed by atoms with van der Waals surface area (Å²) in [4.78, 5) is 11.7. The Kier molecular flexibility index (Phi) is 5.32. The summed E-state index contributed by atoms with van der Waals surface area (Å²) in [5, 5.41) is 17.7. The maximum absolute atomic E-state index is 11.7. The van der Waals surface area contributed by atoms with Gasteiger partial charge in [-0.1, -0.05) is 26.0 Å². The molecule has 96 valence electrons. The monoisotopic (exact) mass is 254 g/mol. The maximum atomic E-state index is 11.7. The van der Waals surface area contributed by atoms with E-state index in [1.54, 1.807) is 24.3 Å². The Hall–Kier alpha value is -2.59. The van der Waals surface area contributed by atoms with Gasteiger partial charge in [0.05, 0.1) is 18.2 Å². The number of hydrogen-bond donors (Lipinski definition) is 0. The molecule has 0 N–H and O–H groups in total.